The number of hydrogen-bond acceptors (Lipinski definition) is 10. The summed E-state index contributed by atoms with van der Waals surface area (Å²) in [4.78, 5) is 39.2. The van der Waals surface area contributed by atoms with Crippen molar-refractivity contribution in [2.75, 3.05) is 19.6 Å². The zero-order valence-electron chi connectivity index (χ0n) is 20.6. The Morgan fingerprint density at radius 2 is 1.68 bits per heavy atom. The molecular formula is C25H34N6O7. The number of benzene rings is 2. The van der Waals surface area contributed by atoms with E-state index in [1.54, 1.807) is 18.2 Å². The minimum Gasteiger partial charge on any atom is -0.508 e. The maximum Gasteiger partial charge on any atom is 0.245 e. The highest BCUT2D eigenvalue weighted by Gasteiger charge is 2.35. The molecule has 0 spiro atoms. The van der Waals surface area contributed by atoms with Crippen LogP contribution in [0.5, 0.6) is 11.5 Å². The van der Waals surface area contributed by atoms with Gasteiger partial charge in [0.05, 0.1) is 12.1 Å². The fraction of sp³-hybridized carbons (Fsp3) is 0.400. The molecule has 3 amide bonds. The van der Waals surface area contributed by atoms with Gasteiger partial charge >= 0.3 is 0 Å². The van der Waals surface area contributed by atoms with Crippen LogP contribution >= 0.6 is 0 Å². The van der Waals surface area contributed by atoms with Crippen LogP contribution < -0.4 is 33.2 Å². The fourth-order valence-corrected chi connectivity index (χ4v) is 4.13. The van der Waals surface area contributed by atoms with Crippen molar-refractivity contribution in [1.82, 2.24) is 16.0 Å². The van der Waals surface area contributed by atoms with Crippen LogP contribution in [0.2, 0.25) is 0 Å². The van der Waals surface area contributed by atoms with Gasteiger partial charge in [0.1, 0.15) is 29.7 Å². The van der Waals surface area contributed by atoms with E-state index in [0.29, 0.717) is 16.7 Å². The molecule has 3 rings (SSSR count). The number of aromatic hydroxyl groups is 2. The molecule has 0 aliphatic carbocycles. The van der Waals surface area contributed by atoms with Crippen molar-refractivity contribution < 1.29 is 34.8 Å². The number of fused-ring (bicyclic) bond motifs is 5. The summed E-state index contributed by atoms with van der Waals surface area (Å²) in [6, 6.07) is 4.79. The molecule has 1 aliphatic rings. The van der Waals surface area contributed by atoms with Gasteiger partial charge in [-0.3, -0.25) is 14.4 Å². The number of carbonyl (C=O) groups is 3. The number of nitrogens with two attached hydrogens (primary N) is 3. The molecule has 38 heavy (non-hydrogen) atoms. The van der Waals surface area contributed by atoms with Crippen molar-refractivity contribution in [2.24, 2.45) is 17.2 Å². The molecule has 2 aromatic rings. The number of aliphatic hydroxyl groups is 2. The second kappa shape index (κ2) is 12.7. The third-order valence-corrected chi connectivity index (χ3v) is 6.29. The summed E-state index contributed by atoms with van der Waals surface area (Å²) < 4.78 is 0. The van der Waals surface area contributed by atoms with E-state index >= 15 is 0 Å². The van der Waals surface area contributed by atoms with Crippen LogP contribution in [0, 0.1) is 0 Å². The lowest BCUT2D eigenvalue weighted by atomic mass is 9.94. The molecule has 206 valence electrons. The lowest BCUT2D eigenvalue weighted by Gasteiger charge is -2.28. The van der Waals surface area contributed by atoms with Crippen LogP contribution in [-0.4, -0.2) is 82.0 Å². The maximum absolute atomic E-state index is 13.3. The van der Waals surface area contributed by atoms with Gasteiger partial charge in [-0.1, -0.05) is 12.1 Å². The largest absolute Gasteiger partial charge is 0.508 e. The Balaban J connectivity index is 2.15. The Bertz CT molecular complexity index is 1180. The van der Waals surface area contributed by atoms with Crippen molar-refractivity contribution in [1.29, 1.82) is 0 Å². The Morgan fingerprint density at radius 3 is 2.34 bits per heavy atom. The number of rotatable bonds is 6. The quantitative estimate of drug-likeness (QED) is 0.187. The van der Waals surface area contributed by atoms with Gasteiger partial charge in [0, 0.05) is 38.0 Å². The van der Waals surface area contributed by atoms with Gasteiger partial charge in [0.2, 0.25) is 17.7 Å². The molecule has 0 saturated carbocycles. The maximum atomic E-state index is 13.3. The van der Waals surface area contributed by atoms with Crippen LogP contribution in [-0.2, 0) is 20.8 Å². The second-order valence-electron chi connectivity index (χ2n) is 9.12. The number of phenolic OH excluding ortho intramolecular Hbond substituents is 2. The highest BCUT2D eigenvalue weighted by molar-refractivity contribution is 5.93. The summed E-state index contributed by atoms with van der Waals surface area (Å²) >= 11 is 0. The molecule has 4 bridgehead atoms. The average Bonchev–Trinajstić information content (AvgIpc) is 2.90. The minimum absolute atomic E-state index is 0.0428. The van der Waals surface area contributed by atoms with E-state index in [2.05, 4.69) is 16.0 Å². The van der Waals surface area contributed by atoms with Gasteiger partial charge in [0.15, 0.2) is 0 Å². The highest BCUT2D eigenvalue weighted by Crippen LogP contribution is 2.34. The van der Waals surface area contributed by atoms with E-state index in [4.69, 9.17) is 17.2 Å². The Hall–Kier alpha value is -3.75. The Kier molecular flexibility index (Phi) is 9.61. The number of amides is 3. The first-order chi connectivity index (χ1) is 18.0. The summed E-state index contributed by atoms with van der Waals surface area (Å²) in [5.74, 6) is -2.89. The summed E-state index contributed by atoms with van der Waals surface area (Å²) in [5, 5.41) is 49.6. The molecule has 1 aliphatic heterocycles. The summed E-state index contributed by atoms with van der Waals surface area (Å²) in [7, 11) is 0. The van der Waals surface area contributed by atoms with Gasteiger partial charge < -0.3 is 53.6 Å². The van der Waals surface area contributed by atoms with Crippen molar-refractivity contribution in [3.05, 3.63) is 47.5 Å². The molecule has 0 fully saturated rings. The molecule has 0 aromatic heterocycles. The normalized spacial score (nSPS) is 22.9. The van der Waals surface area contributed by atoms with E-state index in [1.807, 2.05) is 0 Å². The Labute approximate surface area is 219 Å². The number of aliphatic hydroxyl groups excluding tert-OH is 2. The zero-order chi connectivity index (χ0) is 28.0. The third-order valence-electron chi connectivity index (χ3n) is 6.29. The number of carbonyl (C=O) groups excluding carboxylic acids is 3. The average molecular weight is 531 g/mol. The SMILES string of the molecule is NCCNC(=O)[C@H]1NC(=O)[C@H](C[C@@H](O)CN)NC(=O)[C@H](N)Cc2cc(ccc2O)-c2ccc(O)c(c2)[C@H]1O. The molecule has 1 heterocycles. The van der Waals surface area contributed by atoms with E-state index < -0.39 is 48.1 Å². The first-order valence-corrected chi connectivity index (χ1v) is 12.1. The van der Waals surface area contributed by atoms with E-state index in [-0.39, 0.29) is 49.5 Å². The Morgan fingerprint density at radius 1 is 1.03 bits per heavy atom. The molecular weight excluding hydrogens is 496 g/mol. The molecule has 0 radical (unpaired) electrons. The van der Waals surface area contributed by atoms with E-state index in [0.717, 1.165) is 0 Å². The predicted octanol–water partition coefficient (Wildman–Crippen LogP) is -2.56. The van der Waals surface area contributed by atoms with Gasteiger partial charge in [0.25, 0.3) is 0 Å². The van der Waals surface area contributed by atoms with Crippen LogP contribution in [0.3, 0.4) is 0 Å². The van der Waals surface area contributed by atoms with Crippen LogP contribution in [0.1, 0.15) is 23.7 Å². The molecule has 5 atom stereocenters. The molecule has 0 unspecified atom stereocenters. The lowest BCUT2D eigenvalue weighted by molar-refractivity contribution is -0.135. The first kappa shape index (κ1) is 28.8. The summed E-state index contributed by atoms with van der Waals surface area (Å²) in [6.45, 7) is -0.0805. The first-order valence-electron chi connectivity index (χ1n) is 12.1. The van der Waals surface area contributed by atoms with Crippen LogP contribution in [0.4, 0.5) is 0 Å². The van der Waals surface area contributed by atoms with Crippen molar-refractivity contribution in [2.45, 2.75) is 43.2 Å². The minimum atomic E-state index is -1.73. The molecule has 13 N–H and O–H groups in total. The molecule has 13 nitrogen and oxygen atoms in total. The second-order valence-corrected chi connectivity index (χ2v) is 9.12. The topological polar surface area (TPSA) is 246 Å². The van der Waals surface area contributed by atoms with Crippen LogP contribution in [0.25, 0.3) is 11.1 Å². The number of hydrogen-bond donors (Lipinski definition) is 10. The van der Waals surface area contributed by atoms with E-state index in [9.17, 15) is 34.8 Å². The third kappa shape index (κ3) is 6.76. The van der Waals surface area contributed by atoms with Crippen molar-refractivity contribution >= 4 is 17.7 Å². The number of phenols is 2. The standard InChI is InChI=1S/C25H34N6O7/c26-5-6-29-25(38)21-22(35)16-8-13(2-4-20(16)34)12-1-3-19(33)14(7-12)9-17(28)23(36)30-18(24(37)31-21)10-15(32)11-27/h1-4,7-8,15,17-18,21-22,32-35H,5-6,9-11,26-28H2,(H,29,38)(H,30,36)(H,31,37)/t15-,17-,18+,21+,22-/m1/s1. The fourth-order valence-electron chi connectivity index (χ4n) is 4.13. The van der Waals surface area contributed by atoms with Gasteiger partial charge in [-0.2, -0.15) is 0 Å². The number of nitrogens with one attached hydrogen (secondary N) is 3. The van der Waals surface area contributed by atoms with E-state index in [1.165, 1.54) is 18.2 Å². The smallest absolute Gasteiger partial charge is 0.245 e. The summed E-state index contributed by atoms with van der Waals surface area (Å²) in [6.07, 6.45) is -3.30. The van der Waals surface area contributed by atoms with Crippen LogP contribution in [0.15, 0.2) is 36.4 Å². The zero-order valence-corrected chi connectivity index (χ0v) is 20.6. The van der Waals surface area contributed by atoms with Crippen molar-refractivity contribution in [3.8, 4) is 22.6 Å². The molecule has 13 heteroatoms. The lowest BCUT2D eigenvalue weighted by Crippen LogP contribution is -2.58. The molecule has 0 saturated heterocycles. The van der Waals surface area contributed by atoms with Crippen molar-refractivity contribution in [3.63, 3.8) is 0 Å². The summed E-state index contributed by atoms with van der Waals surface area (Å²) in [5.41, 5.74) is 18.4. The van der Waals surface area contributed by atoms with Gasteiger partial charge in [-0.05, 0) is 41.0 Å². The molecule has 2 aromatic carbocycles. The monoisotopic (exact) mass is 530 g/mol. The van der Waals surface area contributed by atoms with Gasteiger partial charge in [-0.15, -0.1) is 0 Å². The highest BCUT2D eigenvalue weighted by atomic mass is 16.3. The van der Waals surface area contributed by atoms with Gasteiger partial charge in [-0.25, -0.2) is 0 Å². The predicted molar refractivity (Wildman–Crippen MR) is 137 cm³/mol.